The van der Waals surface area contributed by atoms with Crippen LogP contribution in [0.1, 0.15) is 96.7 Å². The summed E-state index contributed by atoms with van der Waals surface area (Å²) in [5.74, 6) is -1.28. The highest BCUT2D eigenvalue weighted by Crippen LogP contribution is 2.56. The van der Waals surface area contributed by atoms with Crippen LogP contribution in [0.3, 0.4) is 0 Å². The van der Waals surface area contributed by atoms with E-state index in [1.54, 1.807) is 9.47 Å². The number of halogens is 2. The minimum absolute atomic E-state index is 0.0336. The van der Waals surface area contributed by atoms with E-state index in [9.17, 15) is 22.8 Å². The van der Waals surface area contributed by atoms with E-state index in [0.717, 1.165) is 65.1 Å². The zero-order valence-corrected chi connectivity index (χ0v) is 42.6. The number of sulfonamides is 1. The number of benzene rings is 2. The van der Waals surface area contributed by atoms with Crippen molar-refractivity contribution in [2.24, 2.45) is 10.9 Å². The zero-order chi connectivity index (χ0) is 48.7. The molecule has 15 nitrogen and oxygen atoms in total. The molecule has 0 saturated carbocycles. The average Bonchev–Trinajstić information content (AvgIpc) is 4.11. The summed E-state index contributed by atoms with van der Waals surface area (Å²) in [6.07, 6.45) is 11.5. The van der Waals surface area contributed by atoms with Gasteiger partial charge in [0.15, 0.2) is 10.2 Å². The quantitative estimate of drug-likeness (QED) is 0.0884. The fraction of sp³-hybridized carbons (Fsp3) is 0.510. The number of imidazole rings is 1. The lowest BCUT2D eigenvalue weighted by atomic mass is 9.81. The maximum absolute atomic E-state index is 15.1. The van der Waals surface area contributed by atoms with Crippen LogP contribution in [0.25, 0.3) is 0 Å². The van der Waals surface area contributed by atoms with E-state index in [0.29, 0.717) is 41.0 Å². The standard InChI is InChI=1S/C49H61Cl2N9O6S2/c1-7-37-20-21-39(59(37)47(64)43-42(31(2)3)60-44(33-12-16-35(50)17-13-33)49(5,54-48(60)67-43)34-14-18-36(51)19-15-34)46(63)58-27-26-57(32(4)28-58)25-11-9-8-10-24-56-29-41(52-30-56)68(65,66)55(6)38-22-23-40(61)53-45(38)62/h12-21,29-32,37-39,44H,7-11,22-28H2,1-6H3,(H,53,61,62)/t32-,37-,38?,39+,44-,49+/m1/s1. The number of allylic oxidation sites excluding steroid dienone is 1. The summed E-state index contributed by atoms with van der Waals surface area (Å²) in [5, 5.41) is 4.11. The number of piperidine rings is 1. The molecule has 1 unspecified atom stereocenters. The van der Waals surface area contributed by atoms with E-state index < -0.39 is 39.5 Å². The lowest BCUT2D eigenvalue weighted by Gasteiger charge is -2.42. The highest BCUT2D eigenvalue weighted by Gasteiger charge is 2.54. The average molecular weight is 1010 g/mol. The van der Waals surface area contributed by atoms with Gasteiger partial charge in [0.1, 0.15) is 22.5 Å². The molecule has 1 aromatic heterocycles. The van der Waals surface area contributed by atoms with Crippen LogP contribution in [0.2, 0.25) is 10.0 Å². The predicted octanol–water partition coefficient (Wildman–Crippen LogP) is 7.20. The van der Waals surface area contributed by atoms with Crippen molar-refractivity contribution in [2.75, 3.05) is 33.2 Å². The number of aliphatic imine (C=N–C) groups is 1. The molecule has 364 valence electrons. The number of nitrogens with zero attached hydrogens (tertiary/aromatic N) is 8. The third-order valence-corrected chi connectivity index (χ3v) is 17.3. The number of thioether (sulfide) groups is 1. The van der Waals surface area contributed by atoms with Gasteiger partial charge >= 0.3 is 0 Å². The lowest BCUT2D eigenvalue weighted by Crippen LogP contribution is -2.58. The number of nitrogens with one attached hydrogen (secondary N) is 1. The molecule has 0 radical (unpaired) electrons. The van der Waals surface area contributed by atoms with Crippen LogP contribution >= 0.6 is 35.0 Å². The summed E-state index contributed by atoms with van der Waals surface area (Å²) < 4.78 is 29.2. The number of piperazine rings is 1. The Morgan fingerprint density at radius 2 is 1.65 bits per heavy atom. The van der Waals surface area contributed by atoms with E-state index >= 15 is 4.79 Å². The van der Waals surface area contributed by atoms with Crippen molar-refractivity contribution in [3.8, 4) is 0 Å². The molecule has 1 N–H and O–H groups in total. The molecule has 5 aliphatic heterocycles. The van der Waals surface area contributed by atoms with Crippen molar-refractivity contribution in [2.45, 2.75) is 127 Å². The third kappa shape index (κ3) is 9.80. The van der Waals surface area contributed by atoms with E-state index in [1.807, 2.05) is 72.5 Å². The number of likely N-dealkylation sites (N-methyl/N-ethyl adjacent to an activating group) is 1. The SMILES string of the molecule is CC[C@@H]1C=C[C@@H](C(=O)N2CCN(CCCCCCn3cnc(S(=O)(=O)N(C)C4CCC(=O)NC4=O)c3)[C@H](C)C2)N1C(=O)C1=C(C(C)C)N2C(=N[C@@](C)(c3ccc(Cl)cc3)[C@H]2c2ccc(Cl)cc2)S1. The first-order valence-corrected chi connectivity index (χ1v) is 26.6. The van der Waals surface area contributed by atoms with Gasteiger partial charge < -0.3 is 19.3 Å². The summed E-state index contributed by atoms with van der Waals surface area (Å²) in [4.78, 5) is 72.0. The fourth-order valence-electron chi connectivity index (χ4n) is 10.2. The van der Waals surface area contributed by atoms with Crippen molar-refractivity contribution in [3.63, 3.8) is 0 Å². The van der Waals surface area contributed by atoms with Gasteiger partial charge in [-0.3, -0.25) is 29.4 Å². The van der Waals surface area contributed by atoms with Gasteiger partial charge in [-0.15, -0.1) is 0 Å². The number of carbonyl (C=O) groups is 4. The highest BCUT2D eigenvalue weighted by atomic mass is 35.5. The Balaban J connectivity index is 0.868. The van der Waals surface area contributed by atoms with Gasteiger partial charge in [-0.25, -0.2) is 18.4 Å². The summed E-state index contributed by atoms with van der Waals surface area (Å²) in [6, 6.07) is 13.6. The van der Waals surface area contributed by atoms with Crippen LogP contribution in [0, 0.1) is 5.92 Å². The molecule has 0 spiro atoms. The predicted molar refractivity (Wildman–Crippen MR) is 265 cm³/mol. The Bertz CT molecular complexity index is 2620. The molecule has 8 rings (SSSR count). The minimum Gasteiger partial charge on any atom is -0.338 e. The fourth-order valence-corrected chi connectivity index (χ4v) is 13.1. The second-order valence-corrected chi connectivity index (χ2v) is 22.7. The first-order chi connectivity index (χ1) is 32.4. The number of hydrogen-bond acceptors (Lipinski definition) is 11. The maximum atomic E-state index is 15.1. The van der Waals surface area contributed by atoms with Crippen LogP contribution in [0.15, 0.2) is 93.8 Å². The summed E-state index contributed by atoms with van der Waals surface area (Å²) in [5.41, 5.74) is 2.22. The second kappa shape index (κ2) is 20.4. The summed E-state index contributed by atoms with van der Waals surface area (Å²) in [7, 11) is -2.68. The van der Waals surface area contributed by atoms with Gasteiger partial charge in [-0.05, 0) is 99.1 Å². The van der Waals surface area contributed by atoms with Gasteiger partial charge in [0.2, 0.25) is 17.7 Å². The zero-order valence-electron chi connectivity index (χ0n) is 39.5. The van der Waals surface area contributed by atoms with Gasteiger partial charge in [0, 0.05) is 67.6 Å². The molecule has 68 heavy (non-hydrogen) atoms. The first-order valence-electron chi connectivity index (χ1n) is 23.6. The van der Waals surface area contributed by atoms with Crippen molar-refractivity contribution < 1.29 is 27.6 Å². The molecular formula is C49H61Cl2N9O6S2. The van der Waals surface area contributed by atoms with Crippen LogP contribution in [0.5, 0.6) is 0 Å². The van der Waals surface area contributed by atoms with Gasteiger partial charge in [-0.2, -0.15) is 4.31 Å². The normalized spacial score (nSPS) is 25.5. The monoisotopic (exact) mass is 1010 g/mol. The number of hydrogen-bond donors (Lipinski definition) is 1. The molecule has 6 atom stereocenters. The number of amides is 4. The highest BCUT2D eigenvalue weighted by molar-refractivity contribution is 8.18. The van der Waals surface area contributed by atoms with E-state index in [4.69, 9.17) is 28.2 Å². The Labute approximate surface area is 414 Å². The number of imide groups is 1. The number of fused-ring (bicyclic) bond motifs is 1. The van der Waals surface area contributed by atoms with Crippen LogP contribution in [-0.2, 0) is 41.3 Å². The Hall–Kier alpha value is -4.52. The molecule has 0 bridgehead atoms. The number of aromatic nitrogens is 2. The maximum Gasteiger partial charge on any atom is 0.263 e. The summed E-state index contributed by atoms with van der Waals surface area (Å²) >= 11 is 14.1. The van der Waals surface area contributed by atoms with Gasteiger partial charge in [0.25, 0.3) is 15.9 Å². The van der Waals surface area contributed by atoms with E-state index in [1.165, 1.54) is 31.3 Å². The van der Waals surface area contributed by atoms with Crippen molar-refractivity contribution in [3.05, 3.63) is 105 Å². The number of carbonyl (C=O) groups excluding carboxylic acids is 4. The molecule has 3 aromatic rings. The van der Waals surface area contributed by atoms with Crippen molar-refractivity contribution in [1.82, 2.24) is 38.8 Å². The van der Waals surface area contributed by atoms with Crippen LogP contribution in [0.4, 0.5) is 0 Å². The molecule has 6 heterocycles. The van der Waals surface area contributed by atoms with E-state index in [2.05, 4.69) is 47.8 Å². The van der Waals surface area contributed by atoms with Crippen molar-refractivity contribution >= 4 is 73.8 Å². The molecule has 4 amide bonds. The Morgan fingerprint density at radius 1 is 0.971 bits per heavy atom. The minimum atomic E-state index is -4.02. The molecule has 2 aromatic carbocycles. The summed E-state index contributed by atoms with van der Waals surface area (Å²) in [6.45, 7) is 13.9. The lowest BCUT2D eigenvalue weighted by molar-refractivity contribution is -0.144. The number of amidine groups is 1. The largest absolute Gasteiger partial charge is 0.338 e. The smallest absolute Gasteiger partial charge is 0.263 e. The molecule has 2 saturated heterocycles. The van der Waals surface area contributed by atoms with Gasteiger partial charge in [0.05, 0.1) is 18.4 Å². The molecule has 19 heteroatoms. The van der Waals surface area contributed by atoms with Crippen LogP contribution in [-0.4, -0.2) is 128 Å². The molecular weight excluding hydrogens is 946 g/mol. The second-order valence-electron chi connectivity index (χ2n) is 18.9. The van der Waals surface area contributed by atoms with Crippen LogP contribution < -0.4 is 5.32 Å². The third-order valence-electron chi connectivity index (χ3n) is 14.0. The number of unbranched alkanes of at least 4 members (excludes halogenated alkanes) is 3. The Morgan fingerprint density at radius 3 is 2.29 bits per heavy atom. The molecule has 0 aliphatic carbocycles. The topological polar surface area (TPSA) is 161 Å². The molecule has 2 fully saturated rings. The first kappa shape index (κ1) is 49.9. The van der Waals surface area contributed by atoms with Crippen molar-refractivity contribution in [1.29, 1.82) is 0 Å². The van der Waals surface area contributed by atoms with E-state index in [-0.39, 0.29) is 53.7 Å². The number of aryl methyl sites for hydroxylation is 1. The Kier molecular flexibility index (Phi) is 15.0. The number of rotatable bonds is 16. The molecule has 5 aliphatic rings. The van der Waals surface area contributed by atoms with Gasteiger partial charge in [-0.1, -0.05) is 93.2 Å².